The Hall–Kier alpha value is -1.06. The molecule has 3 heteroatoms. The van der Waals surface area contributed by atoms with E-state index < -0.39 is 0 Å². The first-order chi connectivity index (χ1) is 9.09. The van der Waals surface area contributed by atoms with E-state index in [9.17, 15) is 5.11 Å². The van der Waals surface area contributed by atoms with Crippen molar-refractivity contribution in [3.8, 4) is 5.75 Å². The SMILES string of the molecule is CCC1(CC)CNC(C)CN1Cc1cccc(O)c1. The van der Waals surface area contributed by atoms with Crippen molar-refractivity contribution in [2.45, 2.75) is 51.7 Å². The molecule has 1 aliphatic heterocycles. The van der Waals surface area contributed by atoms with Gasteiger partial charge in [0, 0.05) is 31.2 Å². The highest BCUT2D eigenvalue weighted by Gasteiger charge is 2.37. The van der Waals surface area contributed by atoms with Crippen molar-refractivity contribution in [3.05, 3.63) is 29.8 Å². The number of hydrogen-bond acceptors (Lipinski definition) is 3. The molecule has 1 saturated heterocycles. The number of benzene rings is 1. The standard InChI is InChI=1S/C16H26N2O/c1-4-16(5-2)12-17-13(3)10-18(16)11-14-7-6-8-15(19)9-14/h6-9,13,17,19H,4-5,10-12H2,1-3H3. The minimum Gasteiger partial charge on any atom is -0.508 e. The van der Waals surface area contributed by atoms with Crippen LogP contribution in [0.5, 0.6) is 5.75 Å². The highest BCUT2D eigenvalue weighted by atomic mass is 16.3. The lowest BCUT2D eigenvalue weighted by molar-refractivity contribution is 0.0278. The van der Waals surface area contributed by atoms with Crippen molar-refractivity contribution in [3.63, 3.8) is 0 Å². The van der Waals surface area contributed by atoms with E-state index in [1.165, 1.54) is 5.56 Å². The average molecular weight is 262 g/mol. The molecule has 1 heterocycles. The van der Waals surface area contributed by atoms with Crippen molar-refractivity contribution in [1.82, 2.24) is 10.2 Å². The highest BCUT2D eigenvalue weighted by Crippen LogP contribution is 2.29. The first-order valence-corrected chi connectivity index (χ1v) is 7.36. The number of nitrogens with zero attached hydrogens (tertiary/aromatic N) is 1. The molecule has 0 radical (unpaired) electrons. The molecule has 2 rings (SSSR count). The Morgan fingerprint density at radius 2 is 2.11 bits per heavy atom. The predicted molar refractivity (Wildman–Crippen MR) is 79.3 cm³/mol. The summed E-state index contributed by atoms with van der Waals surface area (Å²) in [7, 11) is 0. The molecule has 0 spiro atoms. The van der Waals surface area contributed by atoms with Gasteiger partial charge in [0.25, 0.3) is 0 Å². The number of piperazine rings is 1. The Morgan fingerprint density at radius 1 is 1.37 bits per heavy atom. The second-order valence-electron chi connectivity index (χ2n) is 5.76. The Balaban J connectivity index is 2.18. The monoisotopic (exact) mass is 262 g/mol. The molecule has 0 aliphatic carbocycles. The van der Waals surface area contributed by atoms with Crippen LogP contribution in [0.1, 0.15) is 39.2 Å². The molecule has 106 valence electrons. The zero-order valence-corrected chi connectivity index (χ0v) is 12.3. The van der Waals surface area contributed by atoms with Crippen molar-refractivity contribution >= 4 is 0 Å². The van der Waals surface area contributed by atoms with Crippen LogP contribution in [0, 0.1) is 0 Å². The molecular formula is C16H26N2O. The van der Waals surface area contributed by atoms with Crippen LogP contribution in [-0.2, 0) is 6.54 Å². The fourth-order valence-electron chi connectivity index (χ4n) is 3.12. The molecule has 1 fully saturated rings. The van der Waals surface area contributed by atoms with E-state index in [4.69, 9.17) is 0 Å². The second kappa shape index (κ2) is 5.93. The number of hydrogen-bond donors (Lipinski definition) is 2. The minimum atomic E-state index is 0.248. The van der Waals surface area contributed by atoms with E-state index in [2.05, 4.69) is 37.1 Å². The summed E-state index contributed by atoms with van der Waals surface area (Å²) in [6.45, 7) is 9.83. The topological polar surface area (TPSA) is 35.5 Å². The minimum absolute atomic E-state index is 0.248. The highest BCUT2D eigenvalue weighted by molar-refractivity contribution is 5.27. The molecule has 1 unspecified atom stereocenters. The fourth-order valence-corrected chi connectivity index (χ4v) is 3.12. The van der Waals surface area contributed by atoms with Gasteiger partial charge in [0.15, 0.2) is 0 Å². The normalized spacial score (nSPS) is 23.4. The van der Waals surface area contributed by atoms with Crippen molar-refractivity contribution < 1.29 is 5.11 Å². The van der Waals surface area contributed by atoms with Crippen LogP contribution < -0.4 is 5.32 Å². The molecule has 3 nitrogen and oxygen atoms in total. The third-order valence-corrected chi connectivity index (χ3v) is 4.54. The number of phenolic OH excluding ortho intramolecular Hbond substituents is 1. The smallest absolute Gasteiger partial charge is 0.115 e. The van der Waals surface area contributed by atoms with Crippen molar-refractivity contribution in [2.24, 2.45) is 0 Å². The second-order valence-corrected chi connectivity index (χ2v) is 5.76. The van der Waals surface area contributed by atoms with Gasteiger partial charge in [-0.2, -0.15) is 0 Å². The molecule has 1 aliphatic rings. The molecule has 19 heavy (non-hydrogen) atoms. The van der Waals surface area contributed by atoms with Gasteiger partial charge in [0.1, 0.15) is 5.75 Å². The lowest BCUT2D eigenvalue weighted by Crippen LogP contribution is -2.63. The van der Waals surface area contributed by atoms with Gasteiger partial charge in [-0.25, -0.2) is 0 Å². The number of phenols is 1. The summed E-state index contributed by atoms with van der Waals surface area (Å²) in [6, 6.07) is 8.17. The van der Waals surface area contributed by atoms with Crippen LogP contribution in [0.3, 0.4) is 0 Å². The summed E-state index contributed by atoms with van der Waals surface area (Å²) >= 11 is 0. The van der Waals surface area contributed by atoms with E-state index >= 15 is 0 Å². The van der Waals surface area contributed by atoms with Gasteiger partial charge in [0.05, 0.1) is 0 Å². The quantitative estimate of drug-likeness (QED) is 0.876. The molecular weight excluding hydrogens is 236 g/mol. The predicted octanol–water partition coefficient (Wildman–Crippen LogP) is 2.74. The maximum Gasteiger partial charge on any atom is 0.115 e. The average Bonchev–Trinajstić information content (AvgIpc) is 2.40. The van der Waals surface area contributed by atoms with Gasteiger partial charge in [-0.05, 0) is 37.5 Å². The van der Waals surface area contributed by atoms with E-state index in [-0.39, 0.29) is 5.54 Å². The van der Waals surface area contributed by atoms with Gasteiger partial charge in [-0.15, -0.1) is 0 Å². The van der Waals surface area contributed by atoms with Crippen LogP contribution in [0.25, 0.3) is 0 Å². The first kappa shape index (κ1) is 14.4. The van der Waals surface area contributed by atoms with Crippen LogP contribution in [0.2, 0.25) is 0 Å². The Morgan fingerprint density at radius 3 is 2.74 bits per heavy atom. The van der Waals surface area contributed by atoms with Crippen LogP contribution >= 0.6 is 0 Å². The van der Waals surface area contributed by atoms with Gasteiger partial charge in [-0.1, -0.05) is 26.0 Å². The van der Waals surface area contributed by atoms with Gasteiger partial charge >= 0.3 is 0 Å². The molecule has 1 atom stereocenters. The fraction of sp³-hybridized carbons (Fsp3) is 0.625. The first-order valence-electron chi connectivity index (χ1n) is 7.36. The summed E-state index contributed by atoms with van der Waals surface area (Å²) in [4.78, 5) is 2.59. The van der Waals surface area contributed by atoms with E-state index in [1.54, 1.807) is 6.07 Å². The van der Waals surface area contributed by atoms with Crippen LogP contribution in [0.4, 0.5) is 0 Å². The van der Waals surface area contributed by atoms with Crippen molar-refractivity contribution in [1.29, 1.82) is 0 Å². The lowest BCUT2D eigenvalue weighted by atomic mass is 9.87. The Kier molecular flexibility index (Phi) is 4.48. The van der Waals surface area contributed by atoms with Crippen LogP contribution in [0.15, 0.2) is 24.3 Å². The van der Waals surface area contributed by atoms with E-state index in [0.29, 0.717) is 11.8 Å². The number of rotatable bonds is 4. The molecule has 1 aromatic carbocycles. The molecule has 2 N–H and O–H groups in total. The molecule has 0 amide bonds. The van der Waals surface area contributed by atoms with E-state index in [0.717, 1.165) is 32.5 Å². The third kappa shape index (κ3) is 3.10. The molecule has 0 saturated carbocycles. The third-order valence-electron chi connectivity index (χ3n) is 4.54. The maximum absolute atomic E-state index is 9.61. The Bertz CT molecular complexity index is 415. The summed E-state index contributed by atoms with van der Waals surface area (Å²) in [5.74, 6) is 0.360. The van der Waals surface area contributed by atoms with Gasteiger partial charge in [0.2, 0.25) is 0 Å². The zero-order valence-electron chi connectivity index (χ0n) is 12.3. The van der Waals surface area contributed by atoms with Crippen molar-refractivity contribution in [2.75, 3.05) is 13.1 Å². The Labute approximate surface area is 116 Å². The van der Waals surface area contributed by atoms with Gasteiger partial charge < -0.3 is 10.4 Å². The number of nitrogens with one attached hydrogen (secondary N) is 1. The lowest BCUT2D eigenvalue weighted by Gasteiger charge is -2.49. The van der Waals surface area contributed by atoms with Crippen LogP contribution in [-0.4, -0.2) is 34.7 Å². The summed E-state index contributed by atoms with van der Waals surface area (Å²) < 4.78 is 0. The maximum atomic E-state index is 9.61. The zero-order chi connectivity index (χ0) is 13.9. The molecule has 1 aromatic rings. The molecule has 0 bridgehead atoms. The largest absolute Gasteiger partial charge is 0.508 e. The summed E-state index contributed by atoms with van der Waals surface area (Å²) in [5.41, 5.74) is 1.44. The van der Waals surface area contributed by atoms with E-state index in [1.807, 2.05) is 12.1 Å². The summed E-state index contributed by atoms with van der Waals surface area (Å²) in [6.07, 6.45) is 2.31. The molecule has 0 aromatic heterocycles. The summed E-state index contributed by atoms with van der Waals surface area (Å²) in [5, 5.41) is 13.2. The number of aromatic hydroxyl groups is 1. The van der Waals surface area contributed by atoms with Gasteiger partial charge in [-0.3, -0.25) is 4.90 Å².